The number of carbonyl (C=O) groups is 2. The maximum absolute atomic E-state index is 12.3. The molecule has 0 radical (unpaired) electrons. The van der Waals surface area contributed by atoms with Crippen LogP contribution in [0.5, 0.6) is 0 Å². The summed E-state index contributed by atoms with van der Waals surface area (Å²) in [4.78, 5) is 25.3. The predicted octanol–water partition coefficient (Wildman–Crippen LogP) is 1.85. The standard InChI is InChI=1S/C17H35N3O5/c1-16(2,3)24-14(22)19-11-13(21)12-20(10-8-7-9-18)15(23)25-17(4,5)6/h13,21H,7-12,18H2,1-6H3,(H,19,22)/t13-/m0/s1. The molecule has 25 heavy (non-hydrogen) atoms. The van der Waals surface area contributed by atoms with Crippen molar-refractivity contribution in [3.8, 4) is 0 Å². The van der Waals surface area contributed by atoms with Gasteiger partial charge in [-0.05, 0) is 60.9 Å². The Balaban J connectivity index is 4.55. The number of unbranched alkanes of at least 4 members (excludes halogenated alkanes) is 1. The molecule has 0 spiro atoms. The first-order valence-corrected chi connectivity index (χ1v) is 8.67. The molecule has 0 saturated carbocycles. The molecule has 0 aromatic rings. The first-order valence-electron chi connectivity index (χ1n) is 8.67. The third kappa shape index (κ3) is 13.4. The molecule has 8 heteroatoms. The molecule has 0 unspecified atom stereocenters. The summed E-state index contributed by atoms with van der Waals surface area (Å²) in [7, 11) is 0. The normalized spacial score (nSPS) is 13.1. The van der Waals surface area contributed by atoms with Crippen molar-refractivity contribution in [2.75, 3.05) is 26.2 Å². The van der Waals surface area contributed by atoms with Gasteiger partial charge in [0.2, 0.25) is 0 Å². The summed E-state index contributed by atoms with van der Waals surface area (Å²) in [5.74, 6) is 0. The molecule has 0 bridgehead atoms. The summed E-state index contributed by atoms with van der Waals surface area (Å²) >= 11 is 0. The van der Waals surface area contributed by atoms with Crippen molar-refractivity contribution < 1.29 is 24.2 Å². The molecule has 0 aromatic carbocycles. The molecule has 4 N–H and O–H groups in total. The number of hydrogen-bond donors (Lipinski definition) is 3. The molecule has 0 aliphatic rings. The van der Waals surface area contributed by atoms with Gasteiger partial charge < -0.3 is 30.5 Å². The van der Waals surface area contributed by atoms with Gasteiger partial charge in [0, 0.05) is 13.1 Å². The van der Waals surface area contributed by atoms with E-state index in [0.717, 1.165) is 6.42 Å². The Bertz CT molecular complexity index is 415. The second-order valence-electron chi connectivity index (χ2n) is 7.96. The van der Waals surface area contributed by atoms with E-state index in [-0.39, 0.29) is 13.1 Å². The molecule has 0 saturated heterocycles. The van der Waals surface area contributed by atoms with Gasteiger partial charge in [0.15, 0.2) is 0 Å². The minimum Gasteiger partial charge on any atom is -0.444 e. The monoisotopic (exact) mass is 361 g/mol. The molecule has 0 heterocycles. The summed E-state index contributed by atoms with van der Waals surface area (Å²) < 4.78 is 10.5. The quantitative estimate of drug-likeness (QED) is 0.569. The summed E-state index contributed by atoms with van der Waals surface area (Å²) in [5, 5.41) is 12.6. The van der Waals surface area contributed by atoms with Crippen molar-refractivity contribution in [2.45, 2.75) is 71.7 Å². The van der Waals surface area contributed by atoms with Crippen molar-refractivity contribution in [2.24, 2.45) is 5.73 Å². The zero-order chi connectivity index (χ0) is 19.7. The Kier molecular flexibility index (Phi) is 9.81. The number of nitrogens with two attached hydrogens (primary N) is 1. The number of nitrogens with one attached hydrogen (secondary N) is 1. The Labute approximate surface area is 151 Å². The molecule has 0 aliphatic carbocycles. The minimum absolute atomic E-state index is 0.0227. The highest BCUT2D eigenvalue weighted by atomic mass is 16.6. The molecular weight excluding hydrogens is 326 g/mol. The van der Waals surface area contributed by atoms with E-state index < -0.39 is 29.5 Å². The van der Waals surface area contributed by atoms with Crippen molar-refractivity contribution in [1.82, 2.24) is 10.2 Å². The number of nitrogens with zero attached hydrogens (tertiary/aromatic N) is 1. The lowest BCUT2D eigenvalue weighted by Gasteiger charge is -2.29. The average Bonchev–Trinajstić information content (AvgIpc) is 2.40. The summed E-state index contributed by atoms with van der Waals surface area (Å²) in [6.07, 6.45) is -0.565. The molecule has 148 valence electrons. The van der Waals surface area contributed by atoms with Crippen LogP contribution in [-0.2, 0) is 9.47 Å². The van der Waals surface area contributed by atoms with E-state index in [4.69, 9.17) is 15.2 Å². The Morgan fingerprint density at radius 1 is 1.08 bits per heavy atom. The van der Waals surface area contributed by atoms with Gasteiger partial charge in [-0.1, -0.05) is 0 Å². The smallest absolute Gasteiger partial charge is 0.410 e. The maximum atomic E-state index is 12.3. The SMILES string of the molecule is CC(C)(C)OC(=O)NC[C@H](O)CN(CCCCN)C(=O)OC(C)(C)C. The zero-order valence-electron chi connectivity index (χ0n) is 16.4. The van der Waals surface area contributed by atoms with Crippen molar-refractivity contribution in [3.63, 3.8) is 0 Å². The number of aliphatic hydroxyl groups is 1. The number of amides is 2. The maximum Gasteiger partial charge on any atom is 0.410 e. The van der Waals surface area contributed by atoms with Crippen LogP contribution in [0.15, 0.2) is 0 Å². The predicted molar refractivity (Wildman–Crippen MR) is 96.3 cm³/mol. The molecule has 8 nitrogen and oxygen atoms in total. The largest absolute Gasteiger partial charge is 0.444 e. The molecule has 0 aromatic heterocycles. The van der Waals surface area contributed by atoms with E-state index in [1.807, 2.05) is 0 Å². The van der Waals surface area contributed by atoms with Gasteiger partial charge in [0.25, 0.3) is 0 Å². The first-order chi connectivity index (χ1) is 11.3. The molecule has 0 aliphatic heterocycles. The van der Waals surface area contributed by atoms with Crippen LogP contribution in [0.2, 0.25) is 0 Å². The van der Waals surface area contributed by atoms with Gasteiger partial charge in [0.05, 0.1) is 12.6 Å². The van der Waals surface area contributed by atoms with Crippen LogP contribution in [-0.4, -0.2) is 65.7 Å². The zero-order valence-corrected chi connectivity index (χ0v) is 16.4. The van der Waals surface area contributed by atoms with E-state index in [2.05, 4.69) is 5.32 Å². The Morgan fingerprint density at radius 2 is 1.64 bits per heavy atom. The highest BCUT2D eigenvalue weighted by molar-refractivity contribution is 5.68. The molecule has 1 atom stereocenters. The Hall–Kier alpha value is -1.54. The fourth-order valence-electron chi connectivity index (χ4n) is 1.86. The fraction of sp³-hybridized carbons (Fsp3) is 0.882. The second kappa shape index (κ2) is 10.5. The van der Waals surface area contributed by atoms with E-state index >= 15 is 0 Å². The van der Waals surface area contributed by atoms with Crippen molar-refractivity contribution in [3.05, 3.63) is 0 Å². The molecular formula is C17H35N3O5. The van der Waals surface area contributed by atoms with Gasteiger partial charge >= 0.3 is 12.2 Å². The van der Waals surface area contributed by atoms with Crippen LogP contribution >= 0.6 is 0 Å². The van der Waals surface area contributed by atoms with E-state index in [1.54, 1.807) is 41.5 Å². The highest BCUT2D eigenvalue weighted by Gasteiger charge is 2.24. The van der Waals surface area contributed by atoms with Crippen molar-refractivity contribution in [1.29, 1.82) is 0 Å². The van der Waals surface area contributed by atoms with E-state index in [1.165, 1.54) is 4.90 Å². The van der Waals surface area contributed by atoms with Crippen LogP contribution in [0.25, 0.3) is 0 Å². The third-order valence-corrected chi connectivity index (χ3v) is 2.85. The molecule has 0 rings (SSSR count). The van der Waals surface area contributed by atoms with Crippen LogP contribution < -0.4 is 11.1 Å². The summed E-state index contributed by atoms with van der Waals surface area (Å²) in [6.45, 7) is 11.6. The highest BCUT2D eigenvalue weighted by Crippen LogP contribution is 2.11. The van der Waals surface area contributed by atoms with Crippen LogP contribution in [0.4, 0.5) is 9.59 Å². The van der Waals surface area contributed by atoms with Crippen LogP contribution in [0, 0.1) is 0 Å². The Morgan fingerprint density at radius 3 is 2.12 bits per heavy atom. The number of ether oxygens (including phenoxy) is 2. The van der Waals surface area contributed by atoms with Gasteiger partial charge in [-0.3, -0.25) is 0 Å². The number of aliphatic hydroxyl groups excluding tert-OH is 1. The van der Waals surface area contributed by atoms with Crippen LogP contribution in [0.3, 0.4) is 0 Å². The van der Waals surface area contributed by atoms with Gasteiger partial charge in [-0.2, -0.15) is 0 Å². The lowest BCUT2D eigenvalue weighted by atomic mass is 10.2. The topological polar surface area (TPSA) is 114 Å². The second-order valence-corrected chi connectivity index (χ2v) is 7.96. The third-order valence-electron chi connectivity index (χ3n) is 2.85. The van der Waals surface area contributed by atoms with Crippen LogP contribution in [0.1, 0.15) is 54.4 Å². The minimum atomic E-state index is -0.932. The summed E-state index contributed by atoms with van der Waals surface area (Å²) in [6, 6.07) is 0. The van der Waals surface area contributed by atoms with Gasteiger partial charge in [0.1, 0.15) is 11.2 Å². The lowest BCUT2D eigenvalue weighted by Crippen LogP contribution is -2.45. The van der Waals surface area contributed by atoms with Gasteiger partial charge in [-0.25, -0.2) is 9.59 Å². The van der Waals surface area contributed by atoms with Crippen molar-refractivity contribution >= 4 is 12.2 Å². The first kappa shape index (κ1) is 23.5. The lowest BCUT2D eigenvalue weighted by molar-refractivity contribution is 0.0137. The van der Waals surface area contributed by atoms with E-state index in [0.29, 0.717) is 19.5 Å². The number of alkyl carbamates (subject to hydrolysis) is 1. The van der Waals surface area contributed by atoms with Gasteiger partial charge in [-0.15, -0.1) is 0 Å². The summed E-state index contributed by atoms with van der Waals surface area (Å²) in [5.41, 5.74) is 4.25. The fourth-order valence-corrected chi connectivity index (χ4v) is 1.86. The molecule has 0 fully saturated rings. The average molecular weight is 361 g/mol. The van der Waals surface area contributed by atoms with E-state index in [9.17, 15) is 14.7 Å². The number of hydrogen-bond acceptors (Lipinski definition) is 6. The number of rotatable bonds is 8. The number of carbonyl (C=O) groups excluding carboxylic acids is 2. The molecule has 2 amide bonds.